The second-order valence-electron chi connectivity index (χ2n) is 8.68. The fourth-order valence-corrected chi connectivity index (χ4v) is 5.26. The molecule has 11 heteroatoms. The summed E-state index contributed by atoms with van der Waals surface area (Å²) < 4.78 is 14.5. The zero-order chi connectivity index (χ0) is 28.3. The Morgan fingerprint density at radius 1 is 1.08 bits per heavy atom. The lowest BCUT2D eigenvalue weighted by Crippen LogP contribution is -2.23. The van der Waals surface area contributed by atoms with Crippen molar-refractivity contribution in [3.8, 4) is 11.5 Å². The van der Waals surface area contributed by atoms with Gasteiger partial charge in [-0.2, -0.15) is 9.78 Å². The average molecular weight is 717 g/mol. The van der Waals surface area contributed by atoms with Crippen LogP contribution in [0.3, 0.4) is 0 Å². The van der Waals surface area contributed by atoms with Crippen LogP contribution in [0.2, 0.25) is 15.1 Å². The number of aromatic nitrogens is 2. The predicted molar refractivity (Wildman–Crippen MR) is 167 cm³/mol. The molecule has 4 aromatic rings. The van der Waals surface area contributed by atoms with E-state index in [1.54, 1.807) is 36.5 Å². The van der Waals surface area contributed by atoms with Crippen LogP contribution < -0.4 is 15.0 Å². The van der Waals surface area contributed by atoms with Crippen LogP contribution in [0.25, 0.3) is 10.9 Å². The monoisotopic (exact) mass is 713 g/mol. The van der Waals surface area contributed by atoms with Crippen molar-refractivity contribution in [2.75, 3.05) is 6.61 Å². The molecule has 0 aliphatic carbocycles. The molecule has 0 fully saturated rings. The number of hydrogen-bond acceptors (Lipinski definition) is 5. The number of nitrogens with zero attached hydrogens (tertiary/aromatic N) is 3. The molecule has 0 bridgehead atoms. The molecule has 0 radical (unpaired) electrons. The summed E-state index contributed by atoms with van der Waals surface area (Å²) in [6.45, 7) is 6.45. The predicted octanol–water partition coefficient (Wildman–Crippen LogP) is 9.26. The summed E-state index contributed by atoms with van der Waals surface area (Å²) in [5.41, 5.74) is 1.69. The molecule has 0 aliphatic heterocycles. The number of rotatable bonds is 9. The van der Waals surface area contributed by atoms with Crippen LogP contribution in [0.1, 0.15) is 50.1 Å². The first-order chi connectivity index (χ1) is 18.6. The summed E-state index contributed by atoms with van der Waals surface area (Å²) >= 11 is 26.0. The second kappa shape index (κ2) is 13.0. The van der Waals surface area contributed by atoms with E-state index in [9.17, 15) is 4.79 Å². The van der Waals surface area contributed by atoms with E-state index in [0.29, 0.717) is 59.9 Å². The van der Waals surface area contributed by atoms with E-state index < -0.39 is 0 Å². The topological polar surface area (TPSA) is 65.7 Å². The second-order valence-corrected chi connectivity index (χ2v) is 11.6. The molecule has 1 heterocycles. The van der Waals surface area contributed by atoms with Crippen LogP contribution in [0.15, 0.2) is 61.3 Å². The number of benzene rings is 3. The lowest BCUT2D eigenvalue weighted by molar-refractivity contribution is 0.269. The van der Waals surface area contributed by atoms with Gasteiger partial charge in [0.2, 0.25) is 0 Å². The van der Waals surface area contributed by atoms with Gasteiger partial charge in [-0.05, 0) is 65.7 Å². The third-order valence-corrected chi connectivity index (χ3v) is 8.57. The van der Waals surface area contributed by atoms with Gasteiger partial charge in [0.15, 0.2) is 11.5 Å². The van der Waals surface area contributed by atoms with Crippen LogP contribution >= 0.6 is 66.7 Å². The maximum atomic E-state index is 13.5. The van der Waals surface area contributed by atoms with Gasteiger partial charge in [-0.1, -0.05) is 70.6 Å². The number of halogens is 5. The fourth-order valence-electron chi connectivity index (χ4n) is 3.78. The van der Waals surface area contributed by atoms with Gasteiger partial charge < -0.3 is 9.47 Å². The minimum Gasteiger partial charge on any atom is -0.490 e. The highest BCUT2D eigenvalue weighted by Crippen LogP contribution is 2.43. The minimum atomic E-state index is -0.264. The first kappa shape index (κ1) is 29.9. The lowest BCUT2D eigenvalue weighted by atomic mass is 10.1. The first-order valence-electron chi connectivity index (χ1n) is 12.1. The van der Waals surface area contributed by atoms with Gasteiger partial charge in [0.05, 0.1) is 23.7 Å². The van der Waals surface area contributed by atoms with E-state index in [0.717, 1.165) is 16.5 Å². The molecule has 6 nitrogen and oxygen atoms in total. The van der Waals surface area contributed by atoms with E-state index in [2.05, 4.69) is 37.0 Å². The van der Waals surface area contributed by atoms with E-state index in [4.69, 9.17) is 49.3 Å². The van der Waals surface area contributed by atoms with Crippen molar-refractivity contribution in [2.45, 2.75) is 39.7 Å². The Kier molecular flexibility index (Phi) is 9.99. The highest BCUT2D eigenvalue weighted by molar-refractivity contribution is 9.10. The van der Waals surface area contributed by atoms with Crippen LogP contribution in [0.5, 0.6) is 11.5 Å². The van der Waals surface area contributed by atoms with Crippen LogP contribution in [0, 0.1) is 0 Å². The van der Waals surface area contributed by atoms with Gasteiger partial charge in [-0.15, -0.1) is 0 Å². The van der Waals surface area contributed by atoms with E-state index in [1.807, 2.05) is 32.9 Å². The molecular formula is C28H24Br2Cl3N3O3. The molecule has 0 saturated heterocycles. The largest absolute Gasteiger partial charge is 0.490 e. The molecule has 1 atom stereocenters. The molecule has 0 N–H and O–H groups in total. The summed E-state index contributed by atoms with van der Waals surface area (Å²) in [5, 5.41) is 6.33. The lowest BCUT2D eigenvalue weighted by Gasteiger charge is -2.17. The van der Waals surface area contributed by atoms with E-state index in [1.165, 1.54) is 4.68 Å². The Balaban J connectivity index is 1.76. The zero-order valence-corrected chi connectivity index (χ0v) is 26.7. The summed E-state index contributed by atoms with van der Waals surface area (Å²) in [7, 11) is 0. The quantitative estimate of drug-likeness (QED) is 0.162. The molecule has 4 rings (SSSR count). The maximum absolute atomic E-state index is 13.5. The Bertz CT molecular complexity index is 1630. The van der Waals surface area contributed by atoms with Gasteiger partial charge in [0, 0.05) is 36.0 Å². The Morgan fingerprint density at radius 3 is 2.54 bits per heavy atom. The Hall–Kier alpha value is -2.10. The maximum Gasteiger partial charge on any atom is 0.282 e. The van der Waals surface area contributed by atoms with Crippen molar-refractivity contribution in [1.82, 2.24) is 9.66 Å². The third kappa shape index (κ3) is 6.63. The van der Waals surface area contributed by atoms with Crippen LogP contribution in [-0.4, -0.2) is 22.5 Å². The van der Waals surface area contributed by atoms with Gasteiger partial charge in [0.25, 0.3) is 5.56 Å². The SMILES string of the molecule is CCOc1cc(C=Nn2c([C@H](C)CC)nc3ccc(Br)cc3c2=O)c(Br)c(Cl)c1OCc1ccc(Cl)cc1Cl. The molecule has 39 heavy (non-hydrogen) atoms. The number of fused-ring (bicyclic) bond motifs is 1. The number of ether oxygens (including phenoxy) is 2. The van der Waals surface area contributed by atoms with Gasteiger partial charge in [-0.25, -0.2) is 4.98 Å². The van der Waals surface area contributed by atoms with Crippen molar-refractivity contribution >= 4 is 83.8 Å². The zero-order valence-electron chi connectivity index (χ0n) is 21.3. The summed E-state index contributed by atoms with van der Waals surface area (Å²) in [4.78, 5) is 18.2. The first-order valence-corrected chi connectivity index (χ1v) is 14.8. The minimum absolute atomic E-state index is 0.00405. The molecule has 3 aromatic carbocycles. The van der Waals surface area contributed by atoms with Gasteiger partial charge >= 0.3 is 0 Å². The molecule has 0 spiro atoms. The molecule has 204 valence electrons. The highest BCUT2D eigenvalue weighted by Gasteiger charge is 2.19. The summed E-state index contributed by atoms with van der Waals surface area (Å²) in [5.74, 6) is 1.35. The number of hydrogen-bond donors (Lipinski definition) is 0. The Morgan fingerprint density at radius 2 is 1.85 bits per heavy atom. The van der Waals surface area contributed by atoms with Crippen molar-refractivity contribution in [3.05, 3.63) is 93.8 Å². The third-order valence-electron chi connectivity index (χ3n) is 6.04. The van der Waals surface area contributed by atoms with Gasteiger partial charge in [0.1, 0.15) is 17.5 Å². The Labute approximate surface area is 258 Å². The van der Waals surface area contributed by atoms with E-state index >= 15 is 0 Å². The summed E-state index contributed by atoms with van der Waals surface area (Å²) in [6.07, 6.45) is 2.34. The normalized spacial score (nSPS) is 12.3. The van der Waals surface area contributed by atoms with Crippen molar-refractivity contribution in [1.29, 1.82) is 0 Å². The fraction of sp³-hybridized carbons (Fsp3) is 0.250. The standard InChI is InChI=1S/C28H24Br2Cl3N3O3/c1-4-15(3)27-35-22-9-7-18(29)11-20(22)28(37)36(27)34-13-17-10-23(38-5-2)26(25(33)24(17)30)39-14-16-6-8-19(31)12-21(16)32/h6-13,15H,4-5,14H2,1-3H3/t15-/m1/s1. The smallest absolute Gasteiger partial charge is 0.282 e. The highest BCUT2D eigenvalue weighted by atomic mass is 79.9. The van der Waals surface area contributed by atoms with Crippen LogP contribution in [-0.2, 0) is 6.61 Å². The van der Waals surface area contributed by atoms with Crippen molar-refractivity contribution < 1.29 is 9.47 Å². The molecule has 0 saturated carbocycles. The average Bonchev–Trinajstić information content (AvgIpc) is 2.91. The molecular weight excluding hydrogens is 692 g/mol. The van der Waals surface area contributed by atoms with Crippen molar-refractivity contribution in [3.63, 3.8) is 0 Å². The molecule has 0 unspecified atom stereocenters. The molecule has 0 amide bonds. The molecule has 0 aliphatic rings. The van der Waals surface area contributed by atoms with E-state index in [-0.39, 0.29) is 18.1 Å². The van der Waals surface area contributed by atoms with Gasteiger partial charge in [-0.3, -0.25) is 4.79 Å². The van der Waals surface area contributed by atoms with Crippen LogP contribution in [0.4, 0.5) is 0 Å². The van der Waals surface area contributed by atoms with Crippen molar-refractivity contribution in [2.24, 2.45) is 5.10 Å². The molecule has 1 aromatic heterocycles. The summed E-state index contributed by atoms with van der Waals surface area (Å²) in [6, 6.07) is 12.4.